The number of aromatic carboxylic acids is 1. The Bertz CT molecular complexity index is 1450. The van der Waals surface area contributed by atoms with Crippen molar-refractivity contribution < 1.29 is 19.1 Å². The molecule has 4 aromatic rings. The third-order valence-corrected chi connectivity index (χ3v) is 6.36. The van der Waals surface area contributed by atoms with E-state index in [1.807, 2.05) is 0 Å². The van der Waals surface area contributed by atoms with Crippen molar-refractivity contribution in [2.24, 2.45) is 0 Å². The van der Waals surface area contributed by atoms with Crippen molar-refractivity contribution in [2.75, 3.05) is 41.3 Å². The number of rotatable bonds is 5. The highest BCUT2D eigenvalue weighted by Crippen LogP contribution is 2.28. The summed E-state index contributed by atoms with van der Waals surface area (Å²) in [6.07, 6.45) is 0. The number of hydrogen-bond donors (Lipinski definition) is 2. The van der Waals surface area contributed by atoms with Gasteiger partial charge in [0.2, 0.25) is 0 Å². The van der Waals surface area contributed by atoms with E-state index in [4.69, 9.17) is 4.98 Å². The maximum Gasteiger partial charge on any atom is 0.336 e. The Morgan fingerprint density at radius 2 is 1.64 bits per heavy atom. The molecule has 0 saturated carbocycles. The number of amides is 1. The summed E-state index contributed by atoms with van der Waals surface area (Å²) in [5, 5.41) is 13.1. The smallest absolute Gasteiger partial charge is 0.336 e. The molecule has 8 heteroatoms. The number of piperazine rings is 1. The van der Waals surface area contributed by atoms with Gasteiger partial charge in [-0.3, -0.25) is 4.79 Å². The molecular formula is C28H25FN4O3. The Morgan fingerprint density at radius 1 is 0.917 bits per heavy atom. The molecule has 0 unspecified atom stereocenters. The summed E-state index contributed by atoms with van der Waals surface area (Å²) in [5.74, 6) is -1.29. The third-order valence-electron chi connectivity index (χ3n) is 6.36. The fourth-order valence-electron chi connectivity index (χ4n) is 4.45. The molecule has 0 bridgehead atoms. The molecule has 1 amide bonds. The van der Waals surface area contributed by atoms with E-state index >= 15 is 0 Å². The van der Waals surface area contributed by atoms with Gasteiger partial charge < -0.3 is 20.2 Å². The number of nitrogens with zero attached hydrogens (tertiary/aromatic N) is 3. The van der Waals surface area contributed by atoms with Gasteiger partial charge in [-0.05, 0) is 73.2 Å². The summed E-state index contributed by atoms with van der Waals surface area (Å²) in [5.41, 5.74) is 3.78. The van der Waals surface area contributed by atoms with Crippen molar-refractivity contribution in [3.05, 3.63) is 95.3 Å². The van der Waals surface area contributed by atoms with Gasteiger partial charge in [0.25, 0.3) is 5.91 Å². The van der Waals surface area contributed by atoms with Crippen LogP contribution in [0.15, 0.2) is 72.8 Å². The van der Waals surface area contributed by atoms with E-state index in [-0.39, 0.29) is 5.56 Å². The van der Waals surface area contributed by atoms with Gasteiger partial charge >= 0.3 is 5.97 Å². The van der Waals surface area contributed by atoms with Gasteiger partial charge in [-0.1, -0.05) is 12.1 Å². The summed E-state index contributed by atoms with van der Waals surface area (Å²) >= 11 is 0. The molecule has 2 heterocycles. The van der Waals surface area contributed by atoms with Crippen LogP contribution in [-0.2, 0) is 0 Å². The largest absolute Gasteiger partial charge is 0.478 e. The Balaban J connectivity index is 1.37. The summed E-state index contributed by atoms with van der Waals surface area (Å²) in [6, 6.07) is 20.2. The standard InChI is InChI=1S/C28H25FN4O3/c1-18-3-2-4-22(15-18)32-11-13-33(14-12-32)26-17-24(28(35)36)23-16-21(9-10-25(23)31-26)30-27(34)19-5-7-20(29)8-6-19/h2-10,15-17H,11-14H2,1H3,(H,30,34)(H,35,36). The van der Waals surface area contributed by atoms with E-state index in [0.717, 1.165) is 26.2 Å². The lowest BCUT2D eigenvalue weighted by molar-refractivity contribution is 0.0698. The number of carbonyl (C=O) groups is 2. The number of carboxylic acids is 1. The Labute approximate surface area is 207 Å². The molecule has 7 nitrogen and oxygen atoms in total. The van der Waals surface area contributed by atoms with Crippen molar-refractivity contribution >= 4 is 40.0 Å². The van der Waals surface area contributed by atoms with Gasteiger partial charge in [0, 0.05) is 48.5 Å². The van der Waals surface area contributed by atoms with E-state index < -0.39 is 17.7 Å². The van der Waals surface area contributed by atoms with Gasteiger partial charge in [-0.25, -0.2) is 14.2 Å². The molecule has 3 aromatic carbocycles. The molecule has 0 atom stereocenters. The minimum absolute atomic E-state index is 0.119. The number of carboxylic acid groups (broad SMARTS) is 1. The second-order valence-corrected chi connectivity index (χ2v) is 8.84. The molecule has 0 radical (unpaired) electrons. The number of aromatic nitrogens is 1. The molecule has 1 fully saturated rings. The number of nitrogens with one attached hydrogen (secondary N) is 1. The first-order chi connectivity index (χ1) is 17.4. The maximum atomic E-state index is 13.2. The first kappa shape index (κ1) is 23.3. The van der Waals surface area contributed by atoms with Crippen LogP contribution in [0.5, 0.6) is 0 Å². The molecule has 1 aliphatic heterocycles. The van der Waals surface area contributed by atoms with Crippen molar-refractivity contribution in [1.82, 2.24) is 4.98 Å². The molecule has 0 spiro atoms. The average Bonchev–Trinajstić information content (AvgIpc) is 2.88. The van der Waals surface area contributed by atoms with Crippen LogP contribution < -0.4 is 15.1 Å². The SMILES string of the molecule is Cc1cccc(N2CCN(c3cc(C(=O)O)c4cc(NC(=O)c5ccc(F)cc5)ccc4n3)CC2)c1. The predicted molar refractivity (Wildman–Crippen MR) is 139 cm³/mol. The van der Waals surface area contributed by atoms with Gasteiger partial charge in [0.05, 0.1) is 11.1 Å². The highest BCUT2D eigenvalue weighted by Gasteiger charge is 2.21. The Hall–Kier alpha value is -4.46. The average molecular weight is 485 g/mol. The molecule has 1 aromatic heterocycles. The number of anilines is 3. The monoisotopic (exact) mass is 484 g/mol. The van der Waals surface area contributed by atoms with Crippen LogP contribution in [-0.4, -0.2) is 48.1 Å². The zero-order valence-corrected chi connectivity index (χ0v) is 19.7. The fraction of sp³-hybridized carbons (Fsp3) is 0.179. The number of benzene rings is 3. The van der Waals surface area contributed by atoms with E-state index in [2.05, 4.69) is 46.3 Å². The van der Waals surface area contributed by atoms with Gasteiger partial charge in [-0.2, -0.15) is 0 Å². The molecule has 2 N–H and O–H groups in total. The highest BCUT2D eigenvalue weighted by molar-refractivity contribution is 6.08. The van der Waals surface area contributed by atoms with Crippen LogP contribution in [0.2, 0.25) is 0 Å². The van der Waals surface area contributed by atoms with Crippen molar-refractivity contribution in [2.45, 2.75) is 6.92 Å². The topological polar surface area (TPSA) is 85.8 Å². The predicted octanol–water partition coefficient (Wildman–Crippen LogP) is 4.96. The van der Waals surface area contributed by atoms with Crippen LogP contribution in [0, 0.1) is 12.7 Å². The van der Waals surface area contributed by atoms with E-state index in [0.29, 0.717) is 28.0 Å². The second-order valence-electron chi connectivity index (χ2n) is 8.84. The number of pyridine rings is 1. The number of fused-ring (bicyclic) bond motifs is 1. The van der Waals surface area contributed by atoms with Crippen LogP contribution in [0.4, 0.5) is 21.6 Å². The van der Waals surface area contributed by atoms with Crippen molar-refractivity contribution in [1.29, 1.82) is 0 Å². The molecule has 182 valence electrons. The molecule has 1 aliphatic rings. The number of hydrogen-bond acceptors (Lipinski definition) is 5. The Morgan fingerprint density at radius 3 is 2.33 bits per heavy atom. The summed E-state index contributed by atoms with van der Waals surface area (Å²) < 4.78 is 13.2. The lowest BCUT2D eigenvalue weighted by Gasteiger charge is -2.37. The highest BCUT2D eigenvalue weighted by atomic mass is 19.1. The van der Waals surface area contributed by atoms with E-state index in [1.165, 1.54) is 35.5 Å². The minimum Gasteiger partial charge on any atom is -0.478 e. The van der Waals surface area contributed by atoms with E-state index in [9.17, 15) is 19.1 Å². The first-order valence-electron chi connectivity index (χ1n) is 11.7. The normalized spacial score (nSPS) is 13.6. The molecule has 5 rings (SSSR count). The number of halogens is 1. The van der Waals surface area contributed by atoms with Crippen LogP contribution >= 0.6 is 0 Å². The fourth-order valence-corrected chi connectivity index (χ4v) is 4.45. The van der Waals surface area contributed by atoms with Gasteiger partial charge in [0.15, 0.2) is 0 Å². The second kappa shape index (κ2) is 9.65. The minimum atomic E-state index is -1.07. The quantitative estimate of drug-likeness (QED) is 0.417. The lowest BCUT2D eigenvalue weighted by Crippen LogP contribution is -2.46. The summed E-state index contributed by atoms with van der Waals surface area (Å²) in [4.78, 5) is 33.8. The number of aryl methyl sites for hydroxylation is 1. The number of carbonyl (C=O) groups excluding carboxylic acids is 1. The Kier molecular flexibility index (Phi) is 6.25. The van der Waals surface area contributed by atoms with Crippen molar-refractivity contribution in [3.63, 3.8) is 0 Å². The van der Waals surface area contributed by atoms with Gasteiger partial charge in [-0.15, -0.1) is 0 Å². The van der Waals surface area contributed by atoms with Gasteiger partial charge in [0.1, 0.15) is 11.6 Å². The van der Waals surface area contributed by atoms with Crippen LogP contribution in [0.1, 0.15) is 26.3 Å². The summed E-state index contributed by atoms with van der Waals surface area (Å²) in [7, 11) is 0. The zero-order chi connectivity index (χ0) is 25.2. The van der Waals surface area contributed by atoms with E-state index in [1.54, 1.807) is 24.3 Å². The molecule has 1 saturated heterocycles. The maximum absolute atomic E-state index is 13.2. The molecule has 0 aliphatic carbocycles. The first-order valence-corrected chi connectivity index (χ1v) is 11.7. The summed E-state index contributed by atoms with van der Waals surface area (Å²) in [6.45, 7) is 5.13. The third kappa shape index (κ3) is 4.84. The molecule has 36 heavy (non-hydrogen) atoms. The van der Waals surface area contributed by atoms with Crippen LogP contribution in [0.3, 0.4) is 0 Å². The van der Waals surface area contributed by atoms with Crippen molar-refractivity contribution in [3.8, 4) is 0 Å². The zero-order valence-electron chi connectivity index (χ0n) is 19.7. The van der Waals surface area contributed by atoms with Crippen LogP contribution in [0.25, 0.3) is 10.9 Å². The molecular weight excluding hydrogens is 459 g/mol. The lowest BCUT2D eigenvalue weighted by atomic mass is 10.1.